The molecular weight excluding hydrogens is 298 g/mol. The molecular formula is C13H18BrNOS. The molecule has 0 atom stereocenters. The van der Waals surface area contributed by atoms with Gasteiger partial charge in [-0.05, 0) is 46.8 Å². The summed E-state index contributed by atoms with van der Waals surface area (Å²) in [6.07, 6.45) is 2.52. The smallest absolute Gasteiger partial charge is 0.186 e. The fourth-order valence-electron chi connectivity index (χ4n) is 1.98. The van der Waals surface area contributed by atoms with E-state index in [1.165, 1.54) is 24.2 Å². The second-order valence-electron chi connectivity index (χ2n) is 5.08. The SMILES string of the molecule is CC(C)CN(CC(=O)c1ccc(Br)s1)C1CC1. The molecule has 0 N–H and O–H groups in total. The summed E-state index contributed by atoms with van der Waals surface area (Å²) in [6.45, 7) is 6.03. The van der Waals surface area contributed by atoms with Gasteiger partial charge in [0.2, 0.25) is 0 Å². The van der Waals surface area contributed by atoms with E-state index in [9.17, 15) is 4.79 Å². The van der Waals surface area contributed by atoms with Gasteiger partial charge in [-0.15, -0.1) is 11.3 Å². The number of nitrogens with zero attached hydrogens (tertiary/aromatic N) is 1. The fourth-order valence-corrected chi connectivity index (χ4v) is 3.29. The van der Waals surface area contributed by atoms with E-state index >= 15 is 0 Å². The van der Waals surface area contributed by atoms with Crippen molar-refractivity contribution in [3.63, 3.8) is 0 Å². The van der Waals surface area contributed by atoms with Crippen LogP contribution in [0.2, 0.25) is 0 Å². The maximum Gasteiger partial charge on any atom is 0.186 e. The molecule has 1 saturated carbocycles. The molecule has 1 aromatic rings. The zero-order chi connectivity index (χ0) is 12.4. The van der Waals surface area contributed by atoms with Crippen molar-refractivity contribution >= 4 is 33.0 Å². The van der Waals surface area contributed by atoms with Crippen LogP contribution in [0.25, 0.3) is 0 Å². The van der Waals surface area contributed by atoms with Crippen molar-refractivity contribution in [2.24, 2.45) is 5.92 Å². The van der Waals surface area contributed by atoms with E-state index < -0.39 is 0 Å². The zero-order valence-electron chi connectivity index (χ0n) is 10.3. The number of ketones is 1. The lowest BCUT2D eigenvalue weighted by Gasteiger charge is -2.22. The summed E-state index contributed by atoms with van der Waals surface area (Å²) >= 11 is 4.93. The standard InChI is InChI=1S/C13H18BrNOS/c1-9(2)7-15(10-3-4-10)8-11(16)12-5-6-13(14)17-12/h5-6,9-10H,3-4,7-8H2,1-2H3. The molecule has 0 aromatic carbocycles. The highest BCUT2D eigenvalue weighted by Crippen LogP contribution is 2.28. The van der Waals surface area contributed by atoms with Crippen molar-refractivity contribution < 1.29 is 4.79 Å². The molecule has 1 fully saturated rings. The highest BCUT2D eigenvalue weighted by Gasteiger charge is 2.30. The Morgan fingerprint density at radius 1 is 1.53 bits per heavy atom. The first-order valence-electron chi connectivity index (χ1n) is 6.09. The van der Waals surface area contributed by atoms with Crippen LogP contribution in [0.15, 0.2) is 15.9 Å². The molecule has 1 aliphatic rings. The van der Waals surface area contributed by atoms with Gasteiger partial charge in [0.25, 0.3) is 0 Å². The number of hydrogen-bond acceptors (Lipinski definition) is 3. The Labute approximate surface area is 115 Å². The minimum Gasteiger partial charge on any atom is -0.293 e. The van der Waals surface area contributed by atoms with Gasteiger partial charge in [0.15, 0.2) is 5.78 Å². The topological polar surface area (TPSA) is 20.3 Å². The number of Topliss-reactive ketones (excluding diaryl/α,β-unsaturated/α-hetero) is 1. The molecule has 2 rings (SSSR count). The lowest BCUT2D eigenvalue weighted by molar-refractivity contribution is 0.0919. The third-order valence-electron chi connectivity index (χ3n) is 2.86. The summed E-state index contributed by atoms with van der Waals surface area (Å²) in [6, 6.07) is 4.52. The van der Waals surface area contributed by atoms with Gasteiger partial charge in [-0.1, -0.05) is 13.8 Å². The Hall–Kier alpha value is -0.190. The minimum atomic E-state index is 0.258. The third-order valence-corrected chi connectivity index (χ3v) is 4.52. The van der Waals surface area contributed by atoms with Crippen molar-refractivity contribution in [3.8, 4) is 0 Å². The van der Waals surface area contributed by atoms with Gasteiger partial charge >= 0.3 is 0 Å². The molecule has 17 heavy (non-hydrogen) atoms. The van der Waals surface area contributed by atoms with Crippen molar-refractivity contribution in [1.82, 2.24) is 4.90 Å². The van der Waals surface area contributed by atoms with E-state index in [1.54, 1.807) is 0 Å². The van der Waals surface area contributed by atoms with Gasteiger partial charge in [-0.3, -0.25) is 9.69 Å². The predicted octanol–water partition coefficient (Wildman–Crippen LogP) is 3.81. The number of thiophene rings is 1. The highest BCUT2D eigenvalue weighted by atomic mass is 79.9. The average Bonchev–Trinajstić information content (AvgIpc) is 2.99. The van der Waals surface area contributed by atoms with Crippen LogP contribution >= 0.6 is 27.3 Å². The van der Waals surface area contributed by atoms with Crippen molar-refractivity contribution in [1.29, 1.82) is 0 Å². The van der Waals surface area contributed by atoms with Gasteiger partial charge < -0.3 is 0 Å². The molecule has 94 valence electrons. The van der Waals surface area contributed by atoms with Crippen LogP contribution in [0.5, 0.6) is 0 Å². The van der Waals surface area contributed by atoms with Gasteiger partial charge in [-0.2, -0.15) is 0 Å². The Kier molecular flexibility index (Phi) is 4.39. The second kappa shape index (κ2) is 5.63. The molecule has 1 aliphatic carbocycles. The number of carbonyl (C=O) groups is 1. The van der Waals surface area contributed by atoms with Gasteiger partial charge in [0.1, 0.15) is 0 Å². The summed E-state index contributed by atoms with van der Waals surface area (Å²) in [5.41, 5.74) is 0. The largest absolute Gasteiger partial charge is 0.293 e. The lowest BCUT2D eigenvalue weighted by Crippen LogP contribution is -2.34. The van der Waals surface area contributed by atoms with Gasteiger partial charge in [-0.25, -0.2) is 0 Å². The van der Waals surface area contributed by atoms with Gasteiger partial charge in [0, 0.05) is 12.6 Å². The maximum atomic E-state index is 12.1. The number of hydrogen-bond donors (Lipinski definition) is 0. The fraction of sp³-hybridized carbons (Fsp3) is 0.615. The quantitative estimate of drug-likeness (QED) is 0.744. The third kappa shape index (κ3) is 3.90. The molecule has 0 radical (unpaired) electrons. The number of carbonyl (C=O) groups excluding carboxylic acids is 1. The van der Waals surface area contributed by atoms with Crippen LogP contribution in [0, 0.1) is 5.92 Å². The van der Waals surface area contributed by atoms with E-state index in [2.05, 4.69) is 34.7 Å². The summed E-state index contributed by atoms with van der Waals surface area (Å²) in [5, 5.41) is 0. The summed E-state index contributed by atoms with van der Waals surface area (Å²) in [7, 11) is 0. The number of rotatable bonds is 6. The molecule has 1 aromatic heterocycles. The maximum absolute atomic E-state index is 12.1. The number of halogens is 1. The lowest BCUT2D eigenvalue weighted by atomic mass is 10.2. The molecule has 0 unspecified atom stereocenters. The van der Waals surface area contributed by atoms with E-state index in [0.717, 1.165) is 15.2 Å². The molecule has 0 spiro atoms. The van der Waals surface area contributed by atoms with Crippen LogP contribution in [-0.4, -0.2) is 29.8 Å². The van der Waals surface area contributed by atoms with Crippen molar-refractivity contribution in [2.45, 2.75) is 32.7 Å². The van der Waals surface area contributed by atoms with Crippen LogP contribution in [0.1, 0.15) is 36.4 Å². The molecule has 0 saturated heterocycles. The average molecular weight is 316 g/mol. The first-order chi connectivity index (χ1) is 8.06. The van der Waals surface area contributed by atoms with Crippen molar-refractivity contribution in [3.05, 3.63) is 20.8 Å². The summed E-state index contributed by atoms with van der Waals surface area (Å²) < 4.78 is 1.03. The molecule has 1 heterocycles. The van der Waals surface area contributed by atoms with E-state index in [4.69, 9.17) is 0 Å². The Morgan fingerprint density at radius 2 is 2.24 bits per heavy atom. The van der Waals surface area contributed by atoms with Crippen LogP contribution in [-0.2, 0) is 0 Å². The normalized spacial score (nSPS) is 15.8. The minimum absolute atomic E-state index is 0.258. The predicted molar refractivity (Wildman–Crippen MR) is 75.8 cm³/mol. The molecule has 0 bridgehead atoms. The summed E-state index contributed by atoms with van der Waals surface area (Å²) in [5.74, 6) is 0.881. The van der Waals surface area contributed by atoms with Gasteiger partial charge in [0.05, 0.1) is 15.2 Å². The molecule has 4 heteroatoms. The van der Waals surface area contributed by atoms with E-state index in [-0.39, 0.29) is 5.78 Å². The monoisotopic (exact) mass is 315 g/mol. The zero-order valence-corrected chi connectivity index (χ0v) is 12.7. The Bertz CT molecular complexity index is 398. The molecule has 0 aliphatic heterocycles. The second-order valence-corrected chi connectivity index (χ2v) is 7.54. The first kappa shape index (κ1) is 13.2. The highest BCUT2D eigenvalue weighted by molar-refractivity contribution is 9.11. The molecule has 2 nitrogen and oxygen atoms in total. The van der Waals surface area contributed by atoms with Crippen molar-refractivity contribution in [2.75, 3.05) is 13.1 Å². The van der Waals surface area contributed by atoms with Crippen LogP contribution in [0.4, 0.5) is 0 Å². The Morgan fingerprint density at radius 3 is 2.71 bits per heavy atom. The first-order valence-corrected chi connectivity index (χ1v) is 7.70. The van der Waals surface area contributed by atoms with E-state index in [0.29, 0.717) is 18.5 Å². The Balaban J connectivity index is 1.95. The van der Waals surface area contributed by atoms with Crippen LogP contribution < -0.4 is 0 Å². The van der Waals surface area contributed by atoms with E-state index in [1.807, 2.05) is 12.1 Å². The molecule has 0 amide bonds. The van der Waals surface area contributed by atoms with Crippen LogP contribution in [0.3, 0.4) is 0 Å². The summed E-state index contributed by atoms with van der Waals surface area (Å²) in [4.78, 5) is 15.3.